The Morgan fingerprint density at radius 3 is 2.65 bits per heavy atom. The molecule has 0 saturated heterocycles. The molecule has 96 valence electrons. The summed E-state index contributed by atoms with van der Waals surface area (Å²) in [5.41, 5.74) is 0.999. The van der Waals surface area contributed by atoms with Crippen molar-refractivity contribution in [3.8, 4) is 0 Å². The van der Waals surface area contributed by atoms with E-state index in [0.717, 1.165) is 10.7 Å². The van der Waals surface area contributed by atoms with Crippen LogP contribution in [0.2, 0.25) is 0 Å². The summed E-state index contributed by atoms with van der Waals surface area (Å²) in [7, 11) is 0. The van der Waals surface area contributed by atoms with Gasteiger partial charge in [-0.15, -0.1) is 11.3 Å². The topological polar surface area (TPSA) is 45.2 Å². The van der Waals surface area contributed by atoms with Crippen molar-refractivity contribution in [3.05, 3.63) is 16.1 Å². The van der Waals surface area contributed by atoms with E-state index in [4.69, 9.17) is 0 Å². The molecule has 1 aromatic heterocycles. The Hall–Kier alpha value is -0.450. The van der Waals surface area contributed by atoms with Gasteiger partial charge in [0.05, 0.1) is 23.4 Å². The number of thiazole rings is 1. The Kier molecular flexibility index (Phi) is 4.95. The van der Waals surface area contributed by atoms with Gasteiger partial charge in [-0.1, -0.05) is 25.7 Å². The first-order valence-electron chi connectivity index (χ1n) is 6.58. The van der Waals surface area contributed by atoms with Crippen LogP contribution >= 0.6 is 11.3 Å². The molecule has 1 heterocycles. The highest BCUT2D eigenvalue weighted by atomic mass is 32.1. The molecular formula is C13H22N2OS. The molecule has 0 radical (unpaired) electrons. The highest BCUT2D eigenvalue weighted by molar-refractivity contribution is 7.09. The molecule has 0 spiro atoms. The minimum atomic E-state index is 0.0167. The average molecular weight is 254 g/mol. The van der Waals surface area contributed by atoms with Crippen molar-refractivity contribution in [1.82, 2.24) is 10.3 Å². The van der Waals surface area contributed by atoms with Crippen molar-refractivity contribution in [2.24, 2.45) is 0 Å². The van der Waals surface area contributed by atoms with Crippen LogP contribution < -0.4 is 5.32 Å². The van der Waals surface area contributed by atoms with Gasteiger partial charge in [-0.25, -0.2) is 4.98 Å². The Balaban J connectivity index is 1.94. The van der Waals surface area contributed by atoms with Crippen molar-refractivity contribution in [2.45, 2.75) is 57.5 Å². The molecule has 17 heavy (non-hydrogen) atoms. The molecule has 1 fully saturated rings. The second-order valence-electron chi connectivity index (χ2n) is 4.88. The fourth-order valence-corrected chi connectivity index (χ4v) is 3.17. The quantitative estimate of drug-likeness (QED) is 0.812. The maximum absolute atomic E-state index is 9.49. The fourth-order valence-electron chi connectivity index (χ4n) is 2.50. The van der Waals surface area contributed by atoms with Crippen LogP contribution in [0.4, 0.5) is 0 Å². The van der Waals surface area contributed by atoms with E-state index in [0.29, 0.717) is 6.04 Å². The molecule has 1 unspecified atom stereocenters. The van der Waals surface area contributed by atoms with Crippen LogP contribution in [0.15, 0.2) is 5.38 Å². The molecule has 4 heteroatoms. The number of hydrogen-bond acceptors (Lipinski definition) is 4. The second kappa shape index (κ2) is 6.47. The summed E-state index contributed by atoms with van der Waals surface area (Å²) in [5.74, 6) is 0. The first kappa shape index (κ1) is 13.0. The van der Waals surface area contributed by atoms with Gasteiger partial charge in [-0.05, 0) is 19.8 Å². The van der Waals surface area contributed by atoms with Crippen molar-refractivity contribution < 1.29 is 5.11 Å². The van der Waals surface area contributed by atoms with Gasteiger partial charge in [-0.2, -0.15) is 0 Å². The summed E-state index contributed by atoms with van der Waals surface area (Å²) in [6.07, 6.45) is 7.81. The third kappa shape index (κ3) is 3.76. The molecule has 1 aliphatic carbocycles. The van der Waals surface area contributed by atoms with E-state index in [1.807, 2.05) is 6.92 Å². The molecule has 0 amide bonds. The lowest BCUT2D eigenvalue weighted by atomic mass is 10.1. The number of nitrogens with one attached hydrogen (secondary N) is 1. The number of aliphatic hydroxyl groups is 1. The van der Waals surface area contributed by atoms with Crippen molar-refractivity contribution >= 4 is 11.3 Å². The summed E-state index contributed by atoms with van der Waals surface area (Å²) < 4.78 is 0. The number of aryl methyl sites for hydroxylation is 1. The summed E-state index contributed by atoms with van der Waals surface area (Å²) >= 11 is 1.65. The van der Waals surface area contributed by atoms with E-state index >= 15 is 0 Å². The minimum absolute atomic E-state index is 0.0167. The largest absolute Gasteiger partial charge is 0.394 e. The van der Waals surface area contributed by atoms with Gasteiger partial charge >= 0.3 is 0 Å². The summed E-state index contributed by atoms with van der Waals surface area (Å²) in [6.45, 7) is 2.15. The molecule has 0 bridgehead atoms. The van der Waals surface area contributed by atoms with E-state index in [1.54, 1.807) is 11.3 Å². The van der Waals surface area contributed by atoms with Crippen LogP contribution in [0.5, 0.6) is 0 Å². The number of hydrogen-bond donors (Lipinski definition) is 2. The summed E-state index contributed by atoms with van der Waals surface area (Å²) in [4.78, 5) is 4.47. The van der Waals surface area contributed by atoms with E-state index in [1.165, 1.54) is 38.5 Å². The van der Waals surface area contributed by atoms with Gasteiger partial charge in [0.15, 0.2) is 0 Å². The first-order chi connectivity index (χ1) is 8.29. The third-order valence-corrected chi connectivity index (χ3v) is 4.26. The van der Waals surface area contributed by atoms with Crippen LogP contribution in [-0.4, -0.2) is 22.7 Å². The Bertz CT molecular complexity index is 332. The minimum Gasteiger partial charge on any atom is -0.394 e. The number of nitrogens with zero attached hydrogens (tertiary/aromatic N) is 1. The Labute approximate surface area is 107 Å². The Morgan fingerprint density at radius 2 is 2.12 bits per heavy atom. The summed E-state index contributed by atoms with van der Waals surface area (Å²) in [6, 6.07) is 0.569. The SMILES string of the molecule is Cc1nc(C(CO)NC2CCCCCC2)cs1. The molecule has 1 aliphatic rings. The molecule has 2 rings (SSSR count). The van der Waals surface area contributed by atoms with Gasteiger partial charge < -0.3 is 10.4 Å². The Morgan fingerprint density at radius 1 is 1.41 bits per heavy atom. The van der Waals surface area contributed by atoms with Gasteiger partial charge in [-0.3, -0.25) is 0 Å². The number of aromatic nitrogens is 1. The molecular weight excluding hydrogens is 232 g/mol. The molecule has 0 aliphatic heterocycles. The first-order valence-corrected chi connectivity index (χ1v) is 7.46. The zero-order valence-corrected chi connectivity index (χ0v) is 11.3. The van der Waals surface area contributed by atoms with E-state index in [-0.39, 0.29) is 12.6 Å². The molecule has 1 atom stereocenters. The van der Waals surface area contributed by atoms with Crippen LogP contribution in [0.3, 0.4) is 0 Å². The predicted octanol–water partition coefficient (Wildman–Crippen LogP) is 2.80. The lowest BCUT2D eigenvalue weighted by molar-refractivity contribution is 0.226. The van der Waals surface area contributed by atoms with Crippen molar-refractivity contribution in [2.75, 3.05) is 6.61 Å². The maximum Gasteiger partial charge on any atom is 0.0898 e. The van der Waals surface area contributed by atoms with E-state index in [2.05, 4.69) is 15.7 Å². The molecule has 0 aromatic carbocycles. The molecule has 3 nitrogen and oxygen atoms in total. The fraction of sp³-hybridized carbons (Fsp3) is 0.769. The van der Waals surface area contributed by atoms with Gasteiger partial charge in [0, 0.05) is 11.4 Å². The van der Waals surface area contributed by atoms with Crippen molar-refractivity contribution in [1.29, 1.82) is 0 Å². The van der Waals surface area contributed by atoms with E-state index < -0.39 is 0 Å². The highest BCUT2D eigenvalue weighted by Crippen LogP contribution is 2.22. The van der Waals surface area contributed by atoms with E-state index in [9.17, 15) is 5.11 Å². The lowest BCUT2D eigenvalue weighted by Gasteiger charge is -2.22. The van der Waals surface area contributed by atoms with Gasteiger partial charge in [0.2, 0.25) is 0 Å². The molecule has 2 N–H and O–H groups in total. The van der Waals surface area contributed by atoms with Gasteiger partial charge in [0.1, 0.15) is 0 Å². The summed E-state index contributed by atoms with van der Waals surface area (Å²) in [5, 5.41) is 16.2. The standard InChI is InChI=1S/C13H22N2OS/c1-10-14-13(9-17-10)12(8-16)15-11-6-4-2-3-5-7-11/h9,11-12,15-16H,2-8H2,1H3. The lowest BCUT2D eigenvalue weighted by Crippen LogP contribution is -2.34. The predicted molar refractivity (Wildman–Crippen MR) is 71.3 cm³/mol. The monoisotopic (exact) mass is 254 g/mol. The number of rotatable bonds is 4. The molecule has 1 saturated carbocycles. The smallest absolute Gasteiger partial charge is 0.0898 e. The number of aliphatic hydroxyl groups excluding tert-OH is 1. The average Bonchev–Trinajstić information content (AvgIpc) is 2.62. The van der Waals surface area contributed by atoms with Crippen LogP contribution in [0.1, 0.15) is 55.3 Å². The third-order valence-electron chi connectivity index (χ3n) is 3.47. The van der Waals surface area contributed by atoms with Crippen LogP contribution in [0, 0.1) is 6.92 Å². The maximum atomic E-state index is 9.49. The van der Waals surface area contributed by atoms with Crippen LogP contribution in [-0.2, 0) is 0 Å². The second-order valence-corrected chi connectivity index (χ2v) is 5.94. The van der Waals surface area contributed by atoms with Gasteiger partial charge in [0.25, 0.3) is 0 Å². The highest BCUT2D eigenvalue weighted by Gasteiger charge is 2.19. The normalized spacial score (nSPS) is 20.1. The zero-order valence-electron chi connectivity index (χ0n) is 10.5. The van der Waals surface area contributed by atoms with Crippen molar-refractivity contribution in [3.63, 3.8) is 0 Å². The van der Waals surface area contributed by atoms with Crippen LogP contribution in [0.25, 0.3) is 0 Å². The zero-order chi connectivity index (χ0) is 12.1. The molecule has 1 aromatic rings.